The van der Waals surface area contributed by atoms with Crippen molar-refractivity contribution < 1.29 is 19.0 Å². The average Bonchev–Trinajstić information content (AvgIpc) is 3.77. The van der Waals surface area contributed by atoms with E-state index in [0.717, 1.165) is 34.0 Å². The summed E-state index contributed by atoms with van der Waals surface area (Å²) in [7, 11) is 4.81. The fraction of sp³-hybridized carbons (Fsp3) is 0.273. The van der Waals surface area contributed by atoms with Crippen molar-refractivity contribution in [1.82, 2.24) is 44.2 Å². The second-order valence-electron chi connectivity index (χ2n) is 10.7. The van der Waals surface area contributed by atoms with Crippen molar-refractivity contribution >= 4 is 11.4 Å². The maximum atomic E-state index is 13.7. The van der Waals surface area contributed by atoms with Crippen LogP contribution in [-0.4, -0.2) is 66.2 Å². The first-order chi connectivity index (χ1) is 22.3. The summed E-state index contributed by atoms with van der Waals surface area (Å²) in [6.45, 7) is 7.16. The van der Waals surface area contributed by atoms with Crippen LogP contribution in [0.1, 0.15) is 40.1 Å². The Morgan fingerprint density at radius 2 is 1.63 bits per heavy atom. The number of nitrogens with zero attached hydrogens (tertiary/aromatic N) is 8. The molecule has 6 rings (SSSR count). The van der Waals surface area contributed by atoms with Crippen molar-refractivity contribution in [3.63, 3.8) is 0 Å². The summed E-state index contributed by atoms with van der Waals surface area (Å²) < 4.78 is 21.8. The minimum atomic E-state index is -0.370. The Balaban J connectivity index is 1.44. The minimum absolute atomic E-state index is 0.193. The molecule has 0 radical (unpaired) electrons. The molecule has 1 N–H and O–H groups in total. The highest BCUT2D eigenvalue weighted by Gasteiger charge is 2.26. The molecule has 0 atom stereocenters. The summed E-state index contributed by atoms with van der Waals surface area (Å²) in [5.41, 5.74) is 5.32. The molecule has 0 aliphatic carbocycles. The van der Waals surface area contributed by atoms with Gasteiger partial charge in [-0.1, -0.05) is 12.1 Å². The molecule has 4 heterocycles. The monoisotopic (exact) mass is 621 g/mol. The highest BCUT2D eigenvalue weighted by atomic mass is 16.5. The van der Waals surface area contributed by atoms with Gasteiger partial charge in [0, 0.05) is 30.9 Å². The Hall–Kier alpha value is -5.72. The molecule has 236 valence electrons. The molecule has 0 spiro atoms. The van der Waals surface area contributed by atoms with Crippen molar-refractivity contribution in [2.24, 2.45) is 0 Å². The summed E-state index contributed by atoms with van der Waals surface area (Å²) >= 11 is 0. The van der Waals surface area contributed by atoms with Crippen LogP contribution in [0, 0.1) is 13.8 Å². The Labute approximate surface area is 265 Å². The average molecular weight is 622 g/mol. The maximum Gasteiger partial charge on any atom is 0.287 e. The van der Waals surface area contributed by atoms with E-state index in [1.54, 1.807) is 44.2 Å². The predicted molar refractivity (Wildman–Crippen MR) is 171 cm³/mol. The van der Waals surface area contributed by atoms with E-state index in [1.807, 2.05) is 72.5 Å². The maximum absolute atomic E-state index is 13.7. The normalized spacial score (nSPS) is 11.2. The number of rotatable bonds is 11. The van der Waals surface area contributed by atoms with Crippen LogP contribution in [0.2, 0.25) is 0 Å². The van der Waals surface area contributed by atoms with E-state index in [9.17, 15) is 4.79 Å². The van der Waals surface area contributed by atoms with Gasteiger partial charge in [-0.3, -0.25) is 23.4 Å². The van der Waals surface area contributed by atoms with E-state index in [1.165, 1.54) is 0 Å². The van der Waals surface area contributed by atoms with E-state index < -0.39 is 0 Å². The topological polar surface area (TPSA) is 136 Å². The summed E-state index contributed by atoms with van der Waals surface area (Å²) in [6, 6.07) is 15.3. The van der Waals surface area contributed by atoms with Gasteiger partial charge < -0.3 is 19.5 Å². The Morgan fingerprint density at radius 1 is 0.891 bits per heavy atom. The number of aromatic nitrogens is 8. The molecular weight excluding hydrogens is 586 g/mol. The molecule has 13 heteroatoms. The van der Waals surface area contributed by atoms with E-state index in [0.29, 0.717) is 47.4 Å². The Bertz CT molecular complexity index is 2030. The van der Waals surface area contributed by atoms with Crippen molar-refractivity contribution in [2.75, 3.05) is 21.3 Å². The number of amides is 1. The summed E-state index contributed by atoms with van der Waals surface area (Å²) in [4.78, 5) is 23.1. The first kappa shape index (κ1) is 30.3. The summed E-state index contributed by atoms with van der Waals surface area (Å²) in [5.74, 6) is 2.97. The van der Waals surface area contributed by atoms with Crippen LogP contribution < -0.4 is 19.5 Å². The van der Waals surface area contributed by atoms with E-state index in [4.69, 9.17) is 19.2 Å². The third-order valence-corrected chi connectivity index (χ3v) is 7.68. The number of nitrogens with one attached hydrogen (secondary N) is 1. The lowest BCUT2D eigenvalue weighted by Crippen LogP contribution is -2.25. The highest BCUT2D eigenvalue weighted by molar-refractivity contribution is 5.94. The second-order valence-corrected chi connectivity index (χ2v) is 10.7. The first-order valence-electron chi connectivity index (χ1n) is 14.8. The molecule has 0 aliphatic rings. The van der Waals surface area contributed by atoms with E-state index in [2.05, 4.69) is 25.6 Å². The van der Waals surface area contributed by atoms with Gasteiger partial charge in [0.2, 0.25) is 5.82 Å². The zero-order valence-corrected chi connectivity index (χ0v) is 26.6. The molecule has 0 saturated carbocycles. The van der Waals surface area contributed by atoms with Crippen LogP contribution >= 0.6 is 0 Å². The molecule has 1 amide bonds. The van der Waals surface area contributed by atoms with E-state index in [-0.39, 0.29) is 18.3 Å². The van der Waals surface area contributed by atoms with Gasteiger partial charge in [0.15, 0.2) is 11.6 Å². The van der Waals surface area contributed by atoms with E-state index >= 15 is 0 Å². The Kier molecular flexibility index (Phi) is 8.38. The number of methoxy groups -OCH3 is 3. The molecule has 0 fully saturated rings. The van der Waals surface area contributed by atoms with Crippen LogP contribution in [0.15, 0.2) is 60.9 Å². The van der Waals surface area contributed by atoms with Crippen molar-refractivity contribution in [2.45, 2.75) is 40.4 Å². The quantitative estimate of drug-likeness (QED) is 0.222. The fourth-order valence-corrected chi connectivity index (χ4v) is 5.36. The fourth-order valence-electron chi connectivity index (χ4n) is 5.36. The lowest BCUT2D eigenvalue weighted by molar-refractivity contribution is 0.0939. The molecule has 46 heavy (non-hydrogen) atoms. The van der Waals surface area contributed by atoms with Crippen LogP contribution in [0.5, 0.6) is 17.2 Å². The first-order valence-corrected chi connectivity index (χ1v) is 14.8. The lowest BCUT2D eigenvalue weighted by atomic mass is 10.2. The number of carbonyl (C=O) groups is 1. The number of imidazole rings is 1. The van der Waals surface area contributed by atoms with Crippen molar-refractivity contribution in [1.29, 1.82) is 0 Å². The van der Waals surface area contributed by atoms with Gasteiger partial charge in [-0.25, -0.2) is 4.98 Å². The standard InChI is InChI=1S/C33H35N9O4/c1-7-42-26(14-20(2)39-42)30-37-38-31(41(30)19-22-8-11-24(44-4)12-9-22)29-27-17-34-21(3)18-40(27)32(36-29)33(43)35-16-23-10-13-25(45-5)15-28(23)46-6/h8-15,17-18H,7,16,19H2,1-6H3,(H,35,43). The molecule has 0 unspecified atom stereocenters. The third kappa shape index (κ3) is 5.74. The number of carbonyl (C=O) groups excluding carboxylic acids is 1. The molecule has 13 nitrogen and oxygen atoms in total. The second kappa shape index (κ2) is 12.7. The lowest BCUT2D eigenvalue weighted by Gasteiger charge is -2.11. The SMILES string of the molecule is CCn1nc(C)cc1-c1nnc(-c2nc(C(=O)NCc3ccc(OC)cc3OC)n3cc(C)ncc23)n1Cc1ccc(OC)cc1. The number of aryl methyl sites for hydroxylation is 3. The Morgan fingerprint density at radius 3 is 2.35 bits per heavy atom. The highest BCUT2D eigenvalue weighted by Crippen LogP contribution is 2.30. The van der Waals surface area contributed by atoms with Gasteiger partial charge in [-0.2, -0.15) is 5.10 Å². The van der Waals surface area contributed by atoms with Crippen LogP contribution in [0.25, 0.3) is 28.6 Å². The van der Waals surface area contributed by atoms with Crippen LogP contribution in [0.3, 0.4) is 0 Å². The molecule has 2 aromatic carbocycles. The molecule has 0 bridgehead atoms. The van der Waals surface area contributed by atoms with Gasteiger partial charge in [-0.15, -0.1) is 10.2 Å². The third-order valence-electron chi connectivity index (χ3n) is 7.68. The number of ether oxygens (including phenoxy) is 3. The largest absolute Gasteiger partial charge is 0.497 e. The number of fused-ring (bicyclic) bond motifs is 1. The molecular formula is C33H35N9O4. The molecule has 0 saturated heterocycles. The van der Waals surface area contributed by atoms with Crippen molar-refractivity contribution in [3.8, 4) is 40.3 Å². The van der Waals surface area contributed by atoms with Crippen LogP contribution in [0.4, 0.5) is 0 Å². The number of hydrogen-bond donors (Lipinski definition) is 1. The molecule has 0 aliphatic heterocycles. The minimum Gasteiger partial charge on any atom is -0.497 e. The van der Waals surface area contributed by atoms with Crippen LogP contribution in [-0.2, 0) is 19.6 Å². The summed E-state index contributed by atoms with van der Waals surface area (Å²) in [5, 5.41) is 16.9. The molecule has 6 aromatic rings. The van der Waals surface area contributed by atoms with Crippen molar-refractivity contribution in [3.05, 3.63) is 89.3 Å². The van der Waals surface area contributed by atoms with Gasteiger partial charge >= 0.3 is 0 Å². The molecule has 4 aromatic heterocycles. The zero-order valence-electron chi connectivity index (χ0n) is 26.6. The number of hydrogen-bond acceptors (Lipinski definition) is 9. The van der Waals surface area contributed by atoms with Gasteiger partial charge in [0.05, 0.1) is 51.0 Å². The summed E-state index contributed by atoms with van der Waals surface area (Å²) in [6.07, 6.45) is 3.49. The predicted octanol–water partition coefficient (Wildman–Crippen LogP) is 4.49. The smallest absolute Gasteiger partial charge is 0.287 e. The van der Waals surface area contributed by atoms with Gasteiger partial charge in [0.25, 0.3) is 5.91 Å². The number of benzene rings is 2. The van der Waals surface area contributed by atoms with Gasteiger partial charge in [-0.05, 0) is 56.7 Å². The zero-order chi connectivity index (χ0) is 32.4. The van der Waals surface area contributed by atoms with Gasteiger partial charge in [0.1, 0.15) is 28.6 Å².